The van der Waals surface area contributed by atoms with E-state index >= 15 is 0 Å². The van der Waals surface area contributed by atoms with Gasteiger partial charge in [-0.1, -0.05) is 5.16 Å². The fourth-order valence-corrected chi connectivity index (χ4v) is 2.72. The predicted molar refractivity (Wildman–Crippen MR) is 105 cm³/mol. The van der Waals surface area contributed by atoms with Crippen molar-refractivity contribution in [3.8, 4) is 28.6 Å². The molecule has 4 aromatic rings. The minimum absolute atomic E-state index is 0. The van der Waals surface area contributed by atoms with E-state index in [-0.39, 0.29) is 29.7 Å². The van der Waals surface area contributed by atoms with E-state index in [2.05, 4.69) is 20.1 Å². The third-order valence-electron chi connectivity index (χ3n) is 4.33. The molecule has 2 aromatic heterocycles. The molecule has 1 atom stereocenters. The Labute approximate surface area is 178 Å². The smallest absolute Gasteiger partial charge is 0.425 e. The Bertz CT molecular complexity index is 1240. The van der Waals surface area contributed by atoms with Crippen LogP contribution in [0.3, 0.4) is 0 Å². The number of aromatic nitrogens is 4. The number of rotatable bonds is 5. The van der Waals surface area contributed by atoms with Crippen LogP contribution in [0.25, 0.3) is 33.9 Å². The van der Waals surface area contributed by atoms with Crippen LogP contribution in [0.5, 0.6) is 5.75 Å². The van der Waals surface area contributed by atoms with Gasteiger partial charge in [-0.2, -0.15) is 18.2 Å². The van der Waals surface area contributed by atoms with Gasteiger partial charge >= 0.3 is 12.1 Å². The first kappa shape index (κ1) is 22.1. The standard InChI is InChI=1S/C19H13F3N4O4.ClH/c1-9(19(20,21)22)29-15-5-3-11(6-12(15)18(27)28)17-25-16(26-30-17)10-2-4-13-14(7-10)24-8-23-13;/h2-9H,1H3,(H,23,24)(H,27,28);1H. The number of aromatic carboxylic acids is 1. The average Bonchev–Trinajstić information content (AvgIpc) is 3.36. The normalized spacial score (nSPS) is 12.4. The summed E-state index contributed by atoms with van der Waals surface area (Å²) in [5.41, 5.74) is 1.94. The number of nitrogens with one attached hydrogen (secondary N) is 1. The lowest BCUT2D eigenvalue weighted by Crippen LogP contribution is -2.31. The Balaban J connectivity index is 0.00000272. The average molecular weight is 455 g/mol. The molecule has 0 saturated heterocycles. The number of nitrogens with zero attached hydrogens (tertiary/aromatic N) is 3. The van der Waals surface area contributed by atoms with Gasteiger partial charge < -0.3 is 19.4 Å². The number of fused-ring (bicyclic) bond motifs is 1. The zero-order chi connectivity index (χ0) is 21.5. The van der Waals surface area contributed by atoms with E-state index < -0.39 is 29.6 Å². The van der Waals surface area contributed by atoms with Crippen molar-refractivity contribution in [2.24, 2.45) is 0 Å². The number of imidazole rings is 1. The number of hydrogen-bond donors (Lipinski definition) is 2. The van der Waals surface area contributed by atoms with Crippen molar-refractivity contribution in [1.82, 2.24) is 20.1 Å². The van der Waals surface area contributed by atoms with Crippen molar-refractivity contribution in [1.29, 1.82) is 0 Å². The van der Waals surface area contributed by atoms with Gasteiger partial charge in [-0.3, -0.25) is 0 Å². The van der Waals surface area contributed by atoms with Gasteiger partial charge in [0.25, 0.3) is 5.89 Å². The zero-order valence-corrected chi connectivity index (χ0v) is 16.5. The van der Waals surface area contributed by atoms with Crippen molar-refractivity contribution in [2.45, 2.75) is 19.2 Å². The highest BCUT2D eigenvalue weighted by molar-refractivity contribution is 5.92. The first-order valence-electron chi connectivity index (χ1n) is 8.60. The van der Waals surface area contributed by atoms with Gasteiger partial charge in [0.05, 0.1) is 17.4 Å². The summed E-state index contributed by atoms with van der Waals surface area (Å²) in [4.78, 5) is 22.9. The van der Waals surface area contributed by atoms with Crippen LogP contribution in [0, 0.1) is 0 Å². The maximum atomic E-state index is 12.7. The Morgan fingerprint density at radius 2 is 1.94 bits per heavy atom. The second-order valence-corrected chi connectivity index (χ2v) is 6.38. The molecule has 0 saturated carbocycles. The van der Waals surface area contributed by atoms with Gasteiger partial charge in [0.15, 0.2) is 6.10 Å². The summed E-state index contributed by atoms with van der Waals surface area (Å²) in [7, 11) is 0. The first-order valence-corrected chi connectivity index (χ1v) is 8.60. The third-order valence-corrected chi connectivity index (χ3v) is 4.33. The van der Waals surface area contributed by atoms with Crippen LogP contribution in [-0.2, 0) is 0 Å². The van der Waals surface area contributed by atoms with E-state index in [0.717, 1.165) is 30.1 Å². The van der Waals surface area contributed by atoms with Crippen molar-refractivity contribution >= 4 is 29.4 Å². The SMILES string of the molecule is CC(Oc1ccc(-c2nc(-c3ccc4nc[nH]c4c3)no2)cc1C(=O)O)C(F)(F)F.Cl. The Morgan fingerprint density at radius 1 is 1.19 bits per heavy atom. The molecule has 8 nitrogen and oxygen atoms in total. The highest BCUT2D eigenvalue weighted by Crippen LogP contribution is 2.31. The van der Waals surface area contributed by atoms with E-state index in [0.29, 0.717) is 5.56 Å². The van der Waals surface area contributed by atoms with Crippen LogP contribution in [0.15, 0.2) is 47.2 Å². The lowest BCUT2D eigenvalue weighted by Gasteiger charge is -2.19. The summed E-state index contributed by atoms with van der Waals surface area (Å²) in [5, 5.41) is 13.3. The lowest BCUT2D eigenvalue weighted by atomic mass is 10.1. The largest absolute Gasteiger partial charge is 0.480 e. The number of carboxylic acids is 1. The minimum Gasteiger partial charge on any atom is -0.480 e. The van der Waals surface area contributed by atoms with Gasteiger partial charge in [0.1, 0.15) is 11.3 Å². The molecule has 0 spiro atoms. The van der Waals surface area contributed by atoms with Gasteiger partial charge in [-0.25, -0.2) is 9.78 Å². The number of benzene rings is 2. The Kier molecular flexibility index (Phi) is 5.89. The molecule has 0 radical (unpaired) electrons. The quantitative estimate of drug-likeness (QED) is 0.448. The molecular weight excluding hydrogens is 441 g/mol. The summed E-state index contributed by atoms with van der Waals surface area (Å²) < 4.78 is 48.2. The number of halogens is 4. The molecule has 4 rings (SSSR count). The highest BCUT2D eigenvalue weighted by Gasteiger charge is 2.38. The van der Waals surface area contributed by atoms with E-state index in [4.69, 9.17) is 9.26 Å². The van der Waals surface area contributed by atoms with Gasteiger partial charge in [0.2, 0.25) is 5.82 Å². The van der Waals surface area contributed by atoms with Crippen LogP contribution in [-0.4, -0.2) is 43.5 Å². The third kappa shape index (κ3) is 4.45. The molecule has 1 unspecified atom stereocenters. The van der Waals surface area contributed by atoms with Crippen LogP contribution in [0.1, 0.15) is 17.3 Å². The predicted octanol–water partition coefficient (Wildman–Crippen LogP) is 4.73. The lowest BCUT2D eigenvalue weighted by molar-refractivity contribution is -0.189. The Morgan fingerprint density at radius 3 is 2.65 bits per heavy atom. The second-order valence-electron chi connectivity index (χ2n) is 6.38. The maximum absolute atomic E-state index is 12.7. The van der Waals surface area contributed by atoms with Crippen LogP contribution in [0.4, 0.5) is 13.2 Å². The van der Waals surface area contributed by atoms with Crippen molar-refractivity contribution in [2.75, 3.05) is 0 Å². The van der Waals surface area contributed by atoms with Crippen LogP contribution < -0.4 is 4.74 Å². The van der Waals surface area contributed by atoms with Gasteiger partial charge in [0, 0.05) is 11.1 Å². The van der Waals surface area contributed by atoms with E-state index in [1.165, 1.54) is 6.07 Å². The summed E-state index contributed by atoms with van der Waals surface area (Å²) in [5.74, 6) is -1.61. The summed E-state index contributed by atoms with van der Waals surface area (Å²) in [6.07, 6.45) is -5.26. The number of carboxylic acid groups (broad SMARTS) is 1. The molecule has 162 valence electrons. The number of aromatic amines is 1. The molecule has 31 heavy (non-hydrogen) atoms. The number of H-pyrrole nitrogens is 1. The van der Waals surface area contributed by atoms with E-state index in [9.17, 15) is 23.1 Å². The molecule has 0 fully saturated rings. The molecule has 2 N–H and O–H groups in total. The van der Waals surface area contributed by atoms with Gasteiger partial charge in [-0.15, -0.1) is 12.4 Å². The highest BCUT2D eigenvalue weighted by atomic mass is 35.5. The second kappa shape index (κ2) is 8.26. The Hall–Kier alpha value is -3.60. The van der Waals surface area contributed by atoms with Crippen LogP contribution in [0.2, 0.25) is 0 Å². The monoisotopic (exact) mass is 454 g/mol. The minimum atomic E-state index is -4.63. The molecule has 0 amide bonds. The van der Waals surface area contributed by atoms with E-state index in [1.54, 1.807) is 24.5 Å². The molecule has 2 aromatic carbocycles. The maximum Gasteiger partial charge on any atom is 0.425 e. The summed E-state index contributed by atoms with van der Waals surface area (Å²) in [6, 6.07) is 8.89. The van der Waals surface area contributed by atoms with Crippen molar-refractivity contribution < 1.29 is 32.3 Å². The topological polar surface area (TPSA) is 114 Å². The molecule has 2 heterocycles. The fourth-order valence-electron chi connectivity index (χ4n) is 2.72. The summed E-state index contributed by atoms with van der Waals surface area (Å²) in [6.45, 7) is 0.792. The summed E-state index contributed by atoms with van der Waals surface area (Å²) >= 11 is 0. The molecule has 0 aliphatic carbocycles. The van der Waals surface area contributed by atoms with Crippen molar-refractivity contribution in [3.63, 3.8) is 0 Å². The molecule has 0 bridgehead atoms. The molecular formula is C19H14ClF3N4O4. The molecule has 0 aliphatic rings. The number of carbonyl (C=O) groups is 1. The van der Waals surface area contributed by atoms with Gasteiger partial charge in [-0.05, 0) is 43.3 Å². The molecule has 0 aliphatic heterocycles. The fraction of sp³-hybridized carbons (Fsp3) is 0.158. The number of hydrogen-bond acceptors (Lipinski definition) is 6. The number of ether oxygens (including phenoxy) is 1. The van der Waals surface area contributed by atoms with Crippen LogP contribution >= 0.6 is 12.4 Å². The number of alkyl halides is 3. The zero-order valence-electron chi connectivity index (χ0n) is 15.7. The molecule has 12 heteroatoms. The first-order chi connectivity index (χ1) is 14.2. The van der Waals surface area contributed by atoms with Crippen molar-refractivity contribution in [3.05, 3.63) is 48.3 Å². The van der Waals surface area contributed by atoms with E-state index in [1.807, 2.05) is 0 Å².